The predicted octanol–water partition coefficient (Wildman–Crippen LogP) is 4.91. The molecular weight excluding hydrogens is 498 g/mol. The van der Waals surface area contributed by atoms with Crippen molar-refractivity contribution in [3.05, 3.63) is 96.1 Å². The van der Waals surface area contributed by atoms with Gasteiger partial charge < -0.3 is 10.2 Å². The summed E-state index contributed by atoms with van der Waals surface area (Å²) in [5, 5.41) is 2.94. The largest absolute Gasteiger partial charge is 0.354 e. The van der Waals surface area contributed by atoms with E-state index in [0.717, 1.165) is 28.3 Å². The lowest BCUT2D eigenvalue weighted by atomic mass is 10.1. The molecule has 7 nitrogen and oxygen atoms in total. The minimum atomic E-state index is -4.05. The fourth-order valence-corrected chi connectivity index (χ4v) is 5.71. The molecule has 1 unspecified atom stereocenters. The summed E-state index contributed by atoms with van der Waals surface area (Å²) in [5.74, 6) is -0.688. The zero-order valence-electron chi connectivity index (χ0n) is 22.3. The van der Waals surface area contributed by atoms with Crippen LogP contribution in [-0.4, -0.2) is 44.3 Å². The first kappa shape index (κ1) is 28.9. The highest BCUT2D eigenvalue weighted by molar-refractivity contribution is 7.92. The Morgan fingerprint density at radius 1 is 0.895 bits per heavy atom. The van der Waals surface area contributed by atoms with Crippen LogP contribution in [0.3, 0.4) is 0 Å². The van der Waals surface area contributed by atoms with E-state index in [1.165, 1.54) is 17.0 Å². The molecule has 1 N–H and O–H groups in total. The summed E-state index contributed by atoms with van der Waals surface area (Å²) in [6, 6.07) is 23.6. The molecule has 3 aromatic rings. The normalized spacial score (nSPS) is 12.0. The van der Waals surface area contributed by atoms with Crippen LogP contribution in [0.2, 0.25) is 0 Å². The van der Waals surface area contributed by atoms with Crippen molar-refractivity contribution in [2.24, 2.45) is 0 Å². The van der Waals surface area contributed by atoms with Gasteiger partial charge >= 0.3 is 0 Å². The first-order valence-electron chi connectivity index (χ1n) is 13.0. The Morgan fingerprint density at radius 2 is 1.55 bits per heavy atom. The molecule has 3 rings (SSSR count). The van der Waals surface area contributed by atoms with E-state index in [4.69, 9.17) is 0 Å². The molecule has 0 aliphatic rings. The Kier molecular flexibility index (Phi) is 10.5. The topological polar surface area (TPSA) is 86.8 Å². The zero-order valence-corrected chi connectivity index (χ0v) is 23.2. The van der Waals surface area contributed by atoms with Gasteiger partial charge in [0, 0.05) is 13.1 Å². The van der Waals surface area contributed by atoms with Crippen molar-refractivity contribution in [1.29, 1.82) is 0 Å². The van der Waals surface area contributed by atoms with Crippen LogP contribution < -0.4 is 9.62 Å². The van der Waals surface area contributed by atoms with Crippen LogP contribution in [0.4, 0.5) is 5.69 Å². The van der Waals surface area contributed by atoms with Gasteiger partial charge in [-0.3, -0.25) is 13.9 Å². The van der Waals surface area contributed by atoms with Crippen LogP contribution in [0, 0.1) is 6.92 Å². The maximum absolute atomic E-state index is 14.0. The number of rotatable bonds is 13. The van der Waals surface area contributed by atoms with E-state index >= 15 is 0 Å². The lowest BCUT2D eigenvalue weighted by molar-refractivity contribution is -0.140. The number of hydrogen-bond acceptors (Lipinski definition) is 4. The molecule has 1 atom stereocenters. The van der Waals surface area contributed by atoms with Crippen LogP contribution in [0.15, 0.2) is 89.8 Å². The molecule has 0 aromatic heterocycles. The lowest BCUT2D eigenvalue weighted by Gasteiger charge is -2.33. The number of sulfonamides is 1. The van der Waals surface area contributed by atoms with Gasteiger partial charge in [-0.15, -0.1) is 0 Å². The molecule has 0 radical (unpaired) electrons. The second kappa shape index (κ2) is 13.8. The van der Waals surface area contributed by atoms with E-state index in [-0.39, 0.29) is 17.3 Å². The maximum atomic E-state index is 14.0. The summed E-state index contributed by atoms with van der Waals surface area (Å²) in [4.78, 5) is 28.8. The molecule has 0 aliphatic heterocycles. The highest BCUT2D eigenvalue weighted by Gasteiger charge is 2.33. The highest BCUT2D eigenvalue weighted by atomic mass is 32.2. The standard InChI is InChI=1S/C30H37N3O4S/c1-4-6-20-31-30(35)28(5-2)32(22-25-15-13-14-24(3)21-25)29(34)23-33(26-16-9-7-10-17-26)38(36,37)27-18-11-8-12-19-27/h7-19,21,28H,4-6,20,22-23H2,1-3H3,(H,31,35). The first-order valence-corrected chi connectivity index (χ1v) is 14.5. The van der Waals surface area contributed by atoms with Crippen molar-refractivity contribution in [2.45, 2.75) is 57.5 Å². The summed E-state index contributed by atoms with van der Waals surface area (Å²) in [6.45, 7) is 6.14. The summed E-state index contributed by atoms with van der Waals surface area (Å²) in [7, 11) is -4.05. The molecule has 202 valence electrons. The third-order valence-electron chi connectivity index (χ3n) is 6.31. The average molecular weight is 536 g/mol. The number of benzene rings is 3. The Hall–Kier alpha value is -3.65. The maximum Gasteiger partial charge on any atom is 0.264 e. The number of nitrogens with one attached hydrogen (secondary N) is 1. The quantitative estimate of drug-likeness (QED) is 0.315. The SMILES string of the molecule is CCCCNC(=O)C(CC)N(Cc1cccc(C)c1)C(=O)CN(c1ccccc1)S(=O)(=O)c1ccccc1. The molecule has 2 amide bonds. The molecule has 0 spiro atoms. The molecule has 0 saturated heterocycles. The first-order chi connectivity index (χ1) is 18.3. The second-order valence-corrected chi connectivity index (χ2v) is 11.1. The number of nitrogens with zero attached hydrogens (tertiary/aromatic N) is 2. The van der Waals surface area contributed by atoms with Crippen LogP contribution in [0.1, 0.15) is 44.2 Å². The highest BCUT2D eigenvalue weighted by Crippen LogP contribution is 2.24. The zero-order chi connectivity index (χ0) is 27.5. The van der Waals surface area contributed by atoms with Gasteiger partial charge in [-0.25, -0.2) is 8.42 Å². The number of amides is 2. The summed E-state index contributed by atoms with van der Waals surface area (Å²) in [6.07, 6.45) is 2.17. The van der Waals surface area contributed by atoms with Crippen molar-refractivity contribution in [3.8, 4) is 0 Å². The van der Waals surface area contributed by atoms with Crippen molar-refractivity contribution in [1.82, 2.24) is 10.2 Å². The summed E-state index contributed by atoms with van der Waals surface area (Å²) >= 11 is 0. The number of aryl methyl sites for hydroxylation is 1. The Morgan fingerprint density at radius 3 is 2.16 bits per heavy atom. The van der Waals surface area contributed by atoms with Crippen LogP contribution in [0.5, 0.6) is 0 Å². The Labute approximate surface area is 226 Å². The predicted molar refractivity (Wildman–Crippen MR) is 151 cm³/mol. The van der Waals surface area contributed by atoms with Crippen molar-refractivity contribution < 1.29 is 18.0 Å². The fraction of sp³-hybridized carbons (Fsp3) is 0.333. The van der Waals surface area contributed by atoms with Gasteiger partial charge in [-0.05, 0) is 49.6 Å². The van der Waals surface area contributed by atoms with E-state index in [1.807, 2.05) is 45.0 Å². The molecule has 0 saturated carbocycles. The number of hydrogen-bond donors (Lipinski definition) is 1. The lowest BCUT2D eigenvalue weighted by Crippen LogP contribution is -2.52. The second-order valence-electron chi connectivity index (χ2n) is 9.24. The number of para-hydroxylation sites is 1. The minimum absolute atomic E-state index is 0.0891. The number of unbranched alkanes of at least 4 members (excludes halogenated alkanes) is 1. The van der Waals surface area contributed by atoms with Crippen molar-refractivity contribution in [3.63, 3.8) is 0 Å². The monoisotopic (exact) mass is 535 g/mol. The number of carbonyl (C=O) groups is 2. The molecule has 8 heteroatoms. The van der Waals surface area contributed by atoms with Gasteiger partial charge in [0.1, 0.15) is 12.6 Å². The number of anilines is 1. The van der Waals surface area contributed by atoms with Gasteiger partial charge in [0.05, 0.1) is 10.6 Å². The van der Waals surface area contributed by atoms with E-state index in [1.54, 1.807) is 48.5 Å². The van der Waals surface area contributed by atoms with E-state index < -0.39 is 28.5 Å². The Bertz CT molecular complexity index is 1300. The molecule has 0 heterocycles. The molecule has 3 aromatic carbocycles. The minimum Gasteiger partial charge on any atom is -0.354 e. The van der Waals surface area contributed by atoms with Gasteiger partial charge in [-0.1, -0.05) is 86.5 Å². The van der Waals surface area contributed by atoms with Crippen LogP contribution in [-0.2, 0) is 26.2 Å². The third kappa shape index (κ3) is 7.44. The molecule has 0 aliphatic carbocycles. The van der Waals surface area contributed by atoms with E-state index in [0.29, 0.717) is 18.7 Å². The van der Waals surface area contributed by atoms with Gasteiger partial charge in [0.2, 0.25) is 11.8 Å². The fourth-order valence-electron chi connectivity index (χ4n) is 4.28. The van der Waals surface area contributed by atoms with Gasteiger partial charge in [-0.2, -0.15) is 0 Å². The molecular formula is C30H37N3O4S. The van der Waals surface area contributed by atoms with Crippen molar-refractivity contribution in [2.75, 3.05) is 17.4 Å². The van der Waals surface area contributed by atoms with Gasteiger partial charge in [0.15, 0.2) is 0 Å². The Balaban J connectivity index is 2.00. The average Bonchev–Trinajstić information content (AvgIpc) is 2.92. The van der Waals surface area contributed by atoms with Gasteiger partial charge in [0.25, 0.3) is 10.0 Å². The van der Waals surface area contributed by atoms with E-state index in [9.17, 15) is 18.0 Å². The summed E-state index contributed by atoms with van der Waals surface area (Å²) in [5.41, 5.74) is 2.28. The summed E-state index contributed by atoms with van der Waals surface area (Å²) < 4.78 is 28.6. The van der Waals surface area contributed by atoms with Crippen LogP contribution >= 0.6 is 0 Å². The van der Waals surface area contributed by atoms with Crippen LogP contribution in [0.25, 0.3) is 0 Å². The number of carbonyl (C=O) groups excluding carboxylic acids is 2. The third-order valence-corrected chi connectivity index (χ3v) is 8.09. The smallest absolute Gasteiger partial charge is 0.264 e. The van der Waals surface area contributed by atoms with E-state index in [2.05, 4.69) is 5.32 Å². The molecule has 0 bridgehead atoms. The van der Waals surface area contributed by atoms with Crippen molar-refractivity contribution >= 4 is 27.5 Å². The molecule has 0 fully saturated rings. The molecule has 38 heavy (non-hydrogen) atoms.